The number of carbonyl (C=O) groups excluding carboxylic acids is 1. The second kappa shape index (κ2) is 2.35. The molecule has 2 rings (SSSR count). The van der Waals surface area contributed by atoms with Gasteiger partial charge in [0, 0.05) is 5.57 Å². The van der Waals surface area contributed by atoms with Crippen LogP contribution in [0.5, 0.6) is 0 Å². The van der Waals surface area contributed by atoms with Crippen molar-refractivity contribution in [2.75, 3.05) is 0 Å². The van der Waals surface area contributed by atoms with Crippen LogP contribution in [0.2, 0.25) is 0 Å². The van der Waals surface area contributed by atoms with Gasteiger partial charge in [-0.2, -0.15) is 0 Å². The number of hydrogen-bond acceptors (Lipinski definition) is 1. The van der Waals surface area contributed by atoms with E-state index in [0.29, 0.717) is 5.57 Å². The highest BCUT2D eigenvalue weighted by molar-refractivity contribution is 6.09. The van der Waals surface area contributed by atoms with Gasteiger partial charge in [0.05, 0.1) is 0 Å². The average Bonchev–Trinajstić information content (AvgIpc) is 2.47. The lowest BCUT2D eigenvalue weighted by Crippen LogP contribution is -1.83. The van der Waals surface area contributed by atoms with E-state index in [-0.39, 0.29) is 0 Å². The summed E-state index contributed by atoms with van der Waals surface area (Å²) in [6.07, 6.45) is 4.72. The largest absolute Gasteiger partial charge is 0.285 e. The van der Waals surface area contributed by atoms with E-state index < -0.39 is 0 Å². The maximum Gasteiger partial charge on any atom is 0.233 e. The van der Waals surface area contributed by atoms with Gasteiger partial charge in [0.2, 0.25) is 6.29 Å². The molecule has 1 radical (unpaired) electrons. The molecular weight excluding hydrogens is 136 g/mol. The number of benzene rings is 1. The smallest absolute Gasteiger partial charge is 0.233 e. The van der Waals surface area contributed by atoms with Crippen LogP contribution in [0.15, 0.2) is 30.3 Å². The van der Waals surface area contributed by atoms with Crippen molar-refractivity contribution in [2.45, 2.75) is 6.42 Å². The fourth-order valence-electron chi connectivity index (χ4n) is 1.38. The Morgan fingerprint density at radius 2 is 2.09 bits per heavy atom. The van der Waals surface area contributed by atoms with Crippen LogP contribution in [0, 0.1) is 0 Å². The van der Waals surface area contributed by atoms with E-state index in [1.165, 1.54) is 5.56 Å². The van der Waals surface area contributed by atoms with Crippen LogP contribution >= 0.6 is 0 Å². The Balaban J connectivity index is 2.56. The highest BCUT2D eigenvalue weighted by atomic mass is 16.1. The van der Waals surface area contributed by atoms with Gasteiger partial charge in [0.15, 0.2) is 0 Å². The first-order valence-electron chi connectivity index (χ1n) is 3.58. The number of rotatable bonds is 1. The molecule has 0 amide bonds. The lowest BCUT2D eigenvalue weighted by Gasteiger charge is -1.96. The van der Waals surface area contributed by atoms with Crippen molar-refractivity contribution in [3.05, 3.63) is 41.5 Å². The summed E-state index contributed by atoms with van der Waals surface area (Å²) in [5.41, 5.74) is 2.98. The third-order valence-corrected chi connectivity index (χ3v) is 1.94. The molecule has 0 bridgehead atoms. The van der Waals surface area contributed by atoms with E-state index in [9.17, 15) is 4.79 Å². The fraction of sp³-hybridized carbons (Fsp3) is 0.100. The third-order valence-electron chi connectivity index (χ3n) is 1.94. The predicted molar refractivity (Wildman–Crippen MR) is 43.8 cm³/mol. The highest BCUT2D eigenvalue weighted by Gasteiger charge is 2.11. The summed E-state index contributed by atoms with van der Waals surface area (Å²) in [6, 6.07) is 7.92. The Morgan fingerprint density at radius 1 is 1.27 bits per heavy atom. The van der Waals surface area contributed by atoms with Gasteiger partial charge in [0.1, 0.15) is 0 Å². The molecule has 0 saturated heterocycles. The molecule has 53 valence electrons. The second-order valence-corrected chi connectivity index (χ2v) is 2.58. The topological polar surface area (TPSA) is 17.1 Å². The van der Waals surface area contributed by atoms with Gasteiger partial charge in [0.25, 0.3) is 0 Å². The van der Waals surface area contributed by atoms with Crippen molar-refractivity contribution >= 4 is 11.9 Å². The first-order valence-corrected chi connectivity index (χ1v) is 3.58. The van der Waals surface area contributed by atoms with Crippen LogP contribution in [0.4, 0.5) is 0 Å². The molecular formula is C10H7O. The lowest BCUT2D eigenvalue weighted by atomic mass is 10.1. The summed E-state index contributed by atoms with van der Waals surface area (Å²) in [5.74, 6) is 0. The van der Waals surface area contributed by atoms with Crippen LogP contribution < -0.4 is 0 Å². The van der Waals surface area contributed by atoms with Gasteiger partial charge < -0.3 is 0 Å². The average molecular weight is 143 g/mol. The monoisotopic (exact) mass is 143 g/mol. The molecule has 1 aliphatic rings. The second-order valence-electron chi connectivity index (χ2n) is 2.58. The van der Waals surface area contributed by atoms with Crippen LogP contribution in [0.25, 0.3) is 5.57 Å². The molecule has 0 heterocycles. The molecule has 0 atom stereocenters. The van der Waals surface area contributed by atoms with E-state index >= 15 is 0 Å². The summed E-state index contributed by atoms with van der Waals surface area (Å²) in [6.45, 7) is 0. The summed E-state index contributed by atoms with van der Waals surface area (Å²) < 4.78 is 0. The van der Waals surface area contributed by atoms with Gasteiger partial charge in [-0.25, -0.2) is 0 Å². The van der Waals surface area contributed by atoms with Crippen molar-refractivity contribution in [3.63, 3.8) is 0 Å². The zero-order chi connectivity index (χ0) is 7.68. The summed E-state index contributed by atoms with van der Waals surface area (Å²) in [5, 5.41) is 0. The van der Waals surface area contributed by atoms with E-state index in [2.05, 4.69) is 0 Å². The van der Waals surface area contributed by atoms with E-state index in [0.717, 1.165) is 12.0 Å². The zero-order valence-electron chi connectivity index (χ0n) is 6.00. The molecule has 0 unspecified atom stereocenters. The minimum Gasteiger partial charge on any atom is -0.285 e. The molecule has 0 saturated carbocycles. The Kier molecular flexibility index (Phi) is 1.35. The van der Waals surface area contributed by atoms with E-state index in [1.807, 2.05) is 36.6 Å². The highest BCUT2D eigenvalue weighted by Crippen LogP contribution is 2.24. The molecule has 1 aromatic carbocycles. The lowest BCUT2D eigenvalue weighted by molar-refractivity contribution is 0.565. The maximum absolute atomic E-state index is 10.4. The molecule has 0 spiro atoms. The van der Waals surface area contributed by atoms with Crippen molar-refractivity contribution in [1.82, 2.24) is 0 Å². The Hall–Kier alpha value is -1.37. The Labute approximate surface area is 65.4 Å². The van der Waals surface area contributed by atoms with Gasteiger partial charge in [-0.05, 0) is 17.5 Å². The Bertz CT molecular complexity index is 323. The van der Waals surface area contributed by atoms with Crippen LogP contribution in [0.3, 0.4) is 0 Å². The molecule has 0 fully saturated rings. The normalized spacial score (nSPS) is 14.0. The molecule has 11 heavy (non-hydrogen) atoms. The van der Waals surface area contributed by atoms with Crippen molar-refractivity contribution in [2.24, 2.45) is 0 Å². The predicted octanol–water partition coefficient (Wildman–Crippen LogP) is 1.74. The van der Waals surface area contributed by atoms with Crippen molar-refractivity contribution < 1.29 is 4.79 Å². The van der Waals surface area contributed by atoms with Gasteiger partial charge in [-0.1, -0.05) is 30.3 Å². The number of fused-ring (bicyclic) bond motifs is 1. The summed E-state index contributed by atoms with van der Waals surface area (Å²) in [4.78, 5) is 10.4. The summed E-state index contributed by atoms with van der Waals surface area (Å²) >= 11 is 0. The SMILES string of the molecule is O=[C]C1=CCc2ccccc21. The van der Waals surface area contributed by atoms with Gasteiger partial charge >= 0.3 is 0 Å². The van der Waals surface area contributed by atoms with Crippen LogP contribution in [-0.2, 0) is 11.2 Å². The summed E-state index contributed by atoms with van der Waals surface area (Å²) in [7, 11) is 0. The van der Waals surface area contributed by atoms with Crippen molar-refractivity contribution in [1.29, 1.82) is 0 Å². The number of hydrogen-bond donors (Lipinski definition) is 0. The molecule has 1 nitrogen and oxygen atoms in total. The molecule has 1 aromatic rings. The zero-order valence-corrected chi connectivity index (χ0v) is 6.00. The third kappa shape index (κ3) is 0.891. The molecule has 0 N–H and O–H groups in total. The minimum atomic E-state index is 0.709. The van der Waals surface area contributed by atoms with Gasteiger partial charge in [-0.3, -0.25) is 4.79 Å². The maximum atomic E-state index is 10.4. The molecule has 0 aromatic heterocycles. The Morgan fingerprint density at radius 3 is 2.91 bits per heavy atom. The first-order chi connectivity index (χ1) is 5.42. The first kappa shape index (κ1) is 6.35. The van der Waals surface area contributed by atoms with Crippen molar-refractivity contribution in [3.8, 4) is 0 Å². The van der Waals surface area contributed by atoms with Crippen LogP contribution in [0.1, 0.15) is 11.1 Å². The molecule has 1 heteroatoms. The standard InChI is InChI=1S/C10H7O/c11-7-9-6-5-8-3-1-2-4-10(8)9/h1-4,6H,5H2. The quantitative estimate of drug-likeness (QED) is 0.585. The van der Waals surface area contributed by atoms with E-state index in [4.69, 9.17) is 0 Å². The van der Waals surface area contributed by atoms with E-state index in [1.54, 1.807) is 0 Å². The van der Waals surface area contributed by atoms with Gasteiger partial charge in [-0.15, -0.1) is 0 Å². The van der Waals surface area contributed by atoms with Crippen LogP contribution in [-0.4, -0.2) is 6.29 Å². The molecule has 1 aliphatic carbocycles. The number of allylic oxidation sites excluding steroid dienone is 2. The molecule has 0 aliphatic heterocycles. The minimum absolute atomic E-state index is 0.709. The fourth-order valence-corrected chi connectivity index (χ4v) is 1.38.